The minimum atomic E-state index is -0.764. The highest BCUT2D eigenvalue weighted by molar-refractivity contribution is 5.71. The molecule has 0 bridgehead atoms. The lowest BCUT2D eigenvalue weighted by atomic mass is 9.99. The molecule has 2 unspecified atom stereocenters. The van der Waals surface area contributed by atoms with Gasteiger partial charge in [-0.15, -0.1) is 0 Å². The van der Waals surface area contributed by atoms with E-state index in [4.69, 9.17) is 14.2 Å². The molecule has 0 saturated heterocycles. The van der Waals surface area contributed by atoms with Crippen molar-refractivity contribution >= 4 is 17.9 Å². The van der Waals surface area contributed by atoms with Crippen molar-refractivity contribution in [3.63, 3.8) is 0 Å². The minimum absolute atomic E-state index is 0.0632. The quantitative estimate of drug-likeness (QED) is 0.0343. The van der Waals surface area contributed by atoms with Crippen molar-refractivity contribution in [3.05, 3.63) is 0 Å². The Hall–Kier alpha value is -1.59. The molecule has 0 rings (SSSR count). The van der Waals surface area contributed by atoms with E-state index in [1.807, 2.05) is 0 Å². The van der Waals surface area contributed by atoms with Crippen LogP contribution in [0.1, 0.15) is 350 Å². The van der Waals surface area contributed by atoms with Crippen molar-refractivity contribution < 1.29 is 28.6 Å². The Kier molecular flexibility index (Phi) is 52.9. The molecule has 0 amide bonds. The van der Waals surface area contributed by atoms with E-state index in [1.54, 1.807) is 0 Å². The Labute approximate surface area is 431 Å². The molecule has 6 heteroatoms. The van der Waals surface area contributed by atoms with Crippen LogP contribution in [-0.4, -0.2) is 37.2 Å². The zero-order valence-corrected chi connectivity index (χ0v) is 47.6. The fraction of sp³-hybridized carbons (Fsp3) is 0.952. The highest BCUT2D eigenvalue weighted by Crippen LogP contribution is 2.20. The van der Waals surface area contributed by atoms with Gasteiger partial charge in [-0.1, -0.05) is 311 Å². The van der Waals surface area contributed by atoms with Gasteiger partial charge in [-0.25, -0.2) is 0 Å². The van der Waals surface area contributed by atoms with E-state index in [1.165, 1.54) is 231 Å². The molecular formula is C63H122O6. The molecule has 6 nitrogen and oxygen atoms in total. The molecule has 0 N–H and O–H groups in total. The van der Waals surface area contributed by atoms with Gasteiger partial charge >= 0.3 is 17.9 Å². The van der Waals surface area contributed by atoms with Gasteiger partial charge in [-0.2, -0.15) is 0 Å². The van der Waals surface area contributed by atoms with Crippen LogP contribution in [0.3, 0.4) is 0 Å². The van der Waals surface area contributed by atoms with E-state index in [0.717, 1.165) is 75.5 Å². The van der Waals surface area contributed by atoms with Crippen molar-refractivity contribution in [2.24, 2.45) is 17.8 Å². The second-order valence-corrected chi connectivity index (χ2v) is 22.7. The Balaban J connectivity index is 4.25. The topological polar surface area (TPSA) is 78.9 Å². The van der Waals surface area contributed by atoms with Crippen LogP contribution < -0.4 is 0 Å². The molecule has 0 radical (unpaired) electrons. The highest BCUT2D eigenvalue weighted by atomic mass is 16.6. The number of unbranched alkanes of at least 4 members (excludes halogenated alkanes) is 37. The van der Waals surface area contributed by atoms with E-state index in [9.17, 15) is 14.4 Å². The molecule has 0 saturated carbocycles. The zero-order chi connectivity index (χ0) is 50.5. The third-order valence-electron chi connectivity index (χ3n) is 15.1. The third-order valence-corrected chi connectivity index (χ3v) is 15.1. The standard InChI is InChI=1S/C63H122O6/c1-7-58(5)50-44-38-32-26-22-18-15-16-20-24-28-36-42-48-54-63(66)69-60(56-68-62(65)53-47-41-35-30-29-33-39-45-51-59(6)8-2)55-67-61(64)52-46-40-34-27-23-19-14-12-10-9-11-13-17-21-25-31-37-43-49-57(3)4/h57-60H,7-56H2,1-6H3/t58?,59?,60-/m1/s1. The molecule has 3 atom stereocenters. The van der Waals surface area contributed by atoms with Gasteiger partial charge < -0.3 is 14.2 Å². The summed E-state index contributed by atoms with van der Waals surface area (Å²) >= 11 is 0. The minimum Gasteiger partial charge on any atom is -0.462 e. The number of ether oxygens (including phenoxy) is 3. The predicted octanol–water partition coefficient (Wildman–Crippen LogP) is 20.7. The zero-order valence-electron chi connectivity index (χ0n) is 47.6. The van der Waals surface area contributed by atoms with E-state index in [2.05, 4.69) is 41.5 Å². The van der Waals surface area contributed by atoms with Gasteiger partial charge in [-0.3, -0.25) is 14.4 Å². The molecular weight excluding hydrogens is 853 g/mol. The Morgan fingerprint density at radius 2 is 0.507 bits per heavy atom. The number of hydrogen-bond acceptors (Lipinski definition) is 6. The fourth-order valence-electron chi connectivity index (χ4n) is 9.64. The first-order valence-corrected chi connectivity index (χ1v) is 31.2. The molecule has 0 heterocycles. The van der Waals surface area contributed by atoms with Crippen LogP contribution in [0.15, 0.2) is 0 Å². The second kappa shape index (κ2) is 54.2. The van der Waals surface area contributed by atoms with E-state index in [0.29, 0.717) is 19.3 Å². The number of carbonyl (C=O) groups excluding carboxylic acids is 3. The highest BCUT2D eigenvalue weighted by Gasteiger charge is 2.19. The Bertz CT molecular complexity index is 1070. The van der Waals surface area contributed by atoms with Crippen LogP contribution >= 0.6 is 0 Å². The van der Waals surface area contributed by atoms with E-state index >= 15 is 0 Å². The van der Waals surface area contributed by atoms with Crippen LogP contribution in [0, 0.1) is 17.8 Å². The lowest BCUT2D eigenvalue weighted by molar-refractivity contribution is -0.167. The average Bonchev–Trinajstić information content (AvgIpc) is 3.34. The van der Waals surface area contributed by atoms with Gasteiger partial charge in [-0.05, 0) is 37.0 Å². The summed E-state index contributed by atoms with van der Waals surface area (Å²) in [6, 6.07) is 0. The number of esters is 3. The third kappa shape index (κ3) is 54.0. The first kappa shape index (κ1) is 67.4. The molecule has 0 aromatic rings. The van der Waals surface area contributed by atoms with Crippen LogP contribution in [-0.2, 0) is 28.6 Å². The molecule has 0 aromatic heterocycles. The average molecular weight is 976 g/mol. The molecule has 410 valence electrons. The van der Waals surface area contributed by atoms with Crippen LogP contribution in [0.4, 0.5) is 0 Å². The summed E-state index contributed by atoms with van der Waals surface area (Å²) in [5.74, 6) is 1.76. The van der Waals surface area contributed by atoms with E-state index < -0.39 is 6.10 Å². The predicted molar refractivity (Wildman–Crippen MR) is 298 cm³/mol. The van der Waals surface area contributed by atoms with Crippen LogP contribution in [0.25, 0.3) is 0 Å². The van der Waals surface area contributed by atoms with Crippen molar-refractivity contribution in [2.75, 3.05) is 13.2 Å². The first-order valence-electron chi connectivity index (χ1n) is 31.2. The van der Waals surface area contributed by atoms with Gasteiger partial charge in [0.1, 0.15) is 13.2 Å². The summed E-state index contributed by atoms with van der Waals surface area (Å²) in [5.41, 5.74) is 0. The van der Waals surface area contributed by atoms with Gasteiger partial charge in [0.15, 0.2) is 6.10 Å². The van der Waals surface area contributed by atoms with Crippen molar-refractivity contribution in [1.29, 1.82) is 0 Å². The van der Waals surface area contributed by atoms with Crippen molar-refractivity contribution in [3.8, 4) is 0 Å². The number of rotatable bonds is 56. The molecule has 0 spiro atoms. The van der Waals surface area contributed by atoms with E-state index in [-0.39, 0.29) is 31.1 Å². The van der Waals surface area contributed by atoms with Gasteiger partial charge in [0, 0.05) is 19.3 Å². The molecule has 0 aromatic carbocycles. The summed E-state index contributed by atoms with van der Waals surface area (Å²) in [7, 11) is 0. The summed E-state index contributed by atoms with van der Waals surface area (Å²) in [6.45, 7) is 13.8. The normalized spacial score (nSPS) is 12.9. The maximum Gasteiger partial charge on any atom is 0.306 e. The lowest BCUT2D eigenvalue weighted by Crippen LogP contribution is -2.30. The van der Waals surface area contributed by atoms with Crippen molar-refractivity contribution in [2.45, 2.75) is 356 Å². The summed E-state index contributed by atoms with van der Waals surface area (Å²) < 4.78 is 16.9. The van der Waals surface area contributed by atoms with Crippen LogP contribution in [0.5, 0.6) is 0 Å². The Morgan fingerprint density at radius 3 is 0.754 bits per heavy atom. The monoisotopic (exact) mass is 975 g/mol. The molecule has 0 aliphatic rings. The smallest absolute Gasteiger partial charge is 0.306 e. The second-order valence-electron chi connectivity index (χ2n) is 22.7. The maximum atomic E-state index is 12.9. The SMILES string of the molecule is CCC(C)CCCCCCCCCCCCCCCCC(=O)O[C@H](COC(=O)CCCCCCCCCCCCCCCCCCCCC(C)C)COC(=O)CCCCCCCCCCC(C)CC. The van der Waals surface area contributed by atoms with Gasteiger partial charge in [0.25, 0.3) is 0 Å². The van der Waals surface area contributed by atoms with Crippen LogP contribution in [0.2, 0.25) is 0 Å². The Morgan fingerprint density at radius 1 is 0.290 bits per heavy atom. The summed E-state index contributed by atoms with van der Waals surface area (Å²) in [5, 5.41) is 0. The fourth-order valence-corrected chi connectivity index (χ4v) is 9.64. The summed E-state index contributed by atoms with van der Waals surface area (Å²) in [4.78, 5) is 38.2. The maximum absolute atomic E-state index is 12.9. The lowest BCUT2D eigenvalue weighted by Gasteiger charge is -2.18. The molecule has 0 aliphatic heterocycles. The van der Waals surface area contributed by atoms with Gasteiger partial charge in [0.2, 0.25) is 0 Å². The summed E-state index contributed by atoms with van der Waals surface area (Å²) in [6.07, 6.45) is 58.1. The molecule has 0 fully saturated rings. The van der Waals surface area contributed by atoms with Crippen molar-refractivity contribution in [1.82, 2.24) is 0 Å². The molecule has 0 aliphatic carbocycles. The first-order chi connectivity index (χ1) is 33.7. The largest absolute Gasteiger partial charge is 0.462 e. The van der Waals surface area contributed by atoms with Gasteiger partial charge in [0.05, 0.1) is 0 Å². The number of hydrogen-bond donors (Lipinski definition) is 0. The molecule has 69 heavy (non-hydrogen) atoms. The number of carbonyl (C=O) groups is 3.